The van der Waals surface area contributed by atoms with Crippen LogP contribution in [0.15, 0.2) is 30.6 Å². The molecule has 1 heterocycles. The molecule has 0 amide bonds. The van der Waals surface area contributed by atoms with Gasteiger partial charge in [0, 0.05) is 38.6 Å². The maximum Gasteiger partial charge on any atom is 0.128 e. The highest BCUT2D eigenvalue weighted by molar-refractivity contribution is 5.24. The second-order valence-electron chi connectivity index (χ2n) is 4.82. The molecule has 0 aliphatic carbocycles. The summed E-state index contributed by atoms with van der Waals surface area (Å²) in [4.78, 5) is 4.00. The Hall–Kier alpha value is -1.58. The normalized spacial score (nSPS) is 19.8. The third-order valence-electron chi connectivity index (χ3n) is 3.17. The quantitative estimate of drug-likeness (QED) is 0.815. The molecule has 0 radical (unpaired) electrons. The molecule has 0 spiro atoms. The summed E-state index contributed by atoms with van der Waals surface area (Å²) in [6, 6.07) is 3.61. The molecule has 4 heteroatoms. The van der Waals surface area contributed by atoms with Crippen molar-refractivity contribution in [1.29, 1.82) is 0 Å². The van der Waals surface area contributed by atoms with Gasteiger partial charge < -0.3 is 9.80 Å². The SMILES string of the molecule is CN(C)/C=C\N1CCCC1c1cc(F)ccc1F. The first-order chi connectivity index (χ1) is 8.58. The molecule has 1 saturated heterocycles. The Balaban J connectivity index is 2.23. The lowest BCUT2D eigenvalue weighted by atomic mass is 10.0. The van der Waals surface area contributed by atoms with Gasteiger partial charge in [-0.2, -0.15) is 0 Å². The lowest BCUT2D eigenvalue weighted by molar-refractivity contribution is 0.340. The van der Waals surface area contributed by atoms with Gasteiger partial charge in [0.1, 0.15) is 11.6 Å². The maximum absolute atomic E-state index is 13.8. The summed E-state index contributed by atoms with van der Waals surface area (Å²) in [5.41, 5.74) is 0.455. The van der Waals surface area contributed by atoms with Crippen molar-refractivity contribution in [2.75, 3.05) is 20.6 Å². The fraction of sp³-hybridized carbons (Fsp3) is 0.429. The molecule has 1 atom stereocenters. The van der Waals surface area contributed by atoms with E-state index in [4.69, 9.17) is 0 Å². The minimum absolute atomic E-state index is 0.0584. The lowest BCUT2D eigenvalue weighted by Gasteiger charge is -2.24. The number of nitrogens with zero attached hydrogens (tertiary/aromatic N) is 2. The minimum atomic E-state index is -0.380. The van der Waals surface area contributed by atoms with Crippen molar-refractivity contribution >= 4 is 0 Å². The van der Waals surface area contributed by atoms with Crippen LogP contribution in [0.2, 0.25) is 0 Å². The van der Waals surface area contributed by atoms with Gasteiger partial charge in [0.15, 0.2) is 0 Å². The summed E-state index contributed by atoms with van der Waals surface area (Å²) in [6.45, 7) is 0.880. The van der Waals surface area contributed by atoms with Crippen LogP contribution in [0.5, 0.6) is 0 Å². The molecule has 1 fully saturated rings. The Bertz CT molecular complexity index is 443. The summed E-state index contributed by atoms with van der Waals surface area (Å²) in [5.74, 6) is -0.707. The zero-order valence-corrected chi connectivity index (χ0v) is 10.7. The van der Waals surface area contributed by atoms with Gasteiger partial charge in [-0.3, -0.25) is 0 Å². The molecular weight excluding hydrogens is 234 g/mol. The topological polar surface area (TPSA) is 6.48 Å². The summed E-state index contributed by atoms with van der Waals surface area (Å²) in [5, 5.41) is 0. The van der Waals surface area contributed by atoms with Crippen LogP contribution in [0.1, 0.15) is 24.4 Å². The van der Waals surface area contributed by atoms with Crippen LogP contribution in [-0.2, 0) is 0 Å². The molecule has 1 aliphatic rings. The molecule has 2 rings (SSSR count). The molecular formula is C14H18F2N2. The van der Waals surface area contributed by atoms with Gasteiger partial charge in [-0.25, -0.2) is 8.78 Å². The lowest BCUT2D eigenvalue weighted by Crippen LogP contribution is -2.19. The zero-order valence-electron chi connectivity index (χ0n) is 10.7. The molecule has 18 heavy (non-hydrogen) atoms. The van der Waals surface area contributed by atoms with Gasteiger partial charge in [-0.05, 0) is 31.0 Å². The predicted molar refractivity (Wildman–Crippen MR) is 67.9 cm³/mol. The fourth-order valence-corrected chi connectivity index (χ4v) is 2.29. The van der Waals surface area contributed by atoms with E-state index in [1.807, 2.05) is 31.4 Å². The first kappa shape index (κ1) is 12.9. The molecule has 0 bridgehead atoms. The van der Waals surface area contributed by atoms with Gasteiger partial charge in [0.2, 0.25) is 0 Å². The monoisotopic (exact) mass is 252 g/mol. The van der Waals surface area contributed by atoms with Gasteiger partial charge in [-0.1, -0.05) is 0 Å². The van der Waals surface area contributed by atoms with Crippen molar-refractivity contribution in [1.82, 2.24) is 9.80 Å². The average molecular weight is 252 g/mol. The molecule has 0 aromatic heterocycles. The Morgan fingerprint density at radius 3 is 2.83 bits per heavy atom. The molecule has 0 saturated carbocycles. The van der Waals surface area contributed by atoms with E-state index >= 15 is 0 Å². The van der Waals surface area contributed by atoms with Crippen LogP contribution in [-0.4, -0.2) is 30.4 Å². The van der Waals surface area contributed by atoms with Crippen LogP contribution in [0.3, 0.4) is 0 Å². The second-order valence-corrected chi connectivity index (χ2v) is 4.82. The summed E-state index contributed by atoms with van der Waals surface area (Å²) in [7, 11) is 3.87. The highest BCUT2D eigenvalue weighted by Crippen LogP contribution is 2.33. The molecule has 98 valence electrons. The van der Waals surface area contributed by atoms with Crippen molar-refractivity contribution in [2.45, 2.75) is 18.9 Å². The first-order valence-corrected chi connectivity index (χ1v) is 6.13. The van der Waals surface area contributed by atoms with Gasteiger partial charge in [-0.15, -0.1) is 0 Å². The molecule has 0 N–H and O–H groups in total. The van der Waals surface area contributed by atoms with Crippen LogP contribution in [0.4, 0.5) is 8.78 Å². The fourth-order valence-electron chi connectivity index (χ4n) is 2.29. The molecule has 1 aromatic rings. The van der Waals surface area contributed by atoms with E-state index in [1.165, 1.54) is 12.1 Å². The van der Waals surface area contributed by atoms with Crippen molar-refractivity contribution in [2.24, 2.45) is 0 Å². The molecule has 1 unspecified atom stereocenters. The zero-order chi connectivity index (χ0) is 13.1. The van der Waals surface area contributed by atoms with E-state index in [-0.39, 0.29) is 17.7 Å². The van der Waals surface area contributed by atoms with E-state index in [0.29, 0.717) is 5.56 Å². The van der Waals surface area contributed by atoms with Crippen molar-refractivity contribution in [3.63, 3.8) is 0 Å². The highest BCUT2D eigenvalue weighted by atomic mass is 19.1. The maximum atomic E-state index is 13.8. The average Bonchev–Trinajstić information content (AvgIpc) is 2.77. The number of likely N-dealkylation sites (tertiary alicyclic amines) is 1. The smallest absolute Gasteiger partial charge is 0.128 e. The third-order valence-corrected chi connectivity index (χ3v) is 3.17. The van der Waals surface area contributed by atoms with Crippen molar-refractivity contribution in [3.8, 4) is 0 Å². The van der Waals surface area contributed by atoms with E-state index < -0.39 is 0 Å². The number of halogens is 2. The Morgan fingerprint density at radius 1 is 1.33 bits per heavy atom. The van der Waals surface area contributed by atoms with E-state index in [1.54, 1.807) is 0 Å². The summed E-state index contributed by atoms with van der Waals surface area (Å²) < 4.78 is 27.0. The van der Waals surface area contributed by atoms with Crippen LogP contribution in [0.25, 0.3) is 0 Å². The van der Waals surface area contributed by atoms with Gasteiger partial charge in [0.25, 0.3) is 0 Å². The standard InChI is InChI=1S/C14H18F2N2/c1-17(2)8-9-18-7-3-4-14(18)12-10-11(15)5-6-13(12)16/h5-6,8-10,14H,3-4,7H2,1-2H3/b9-8-. The molecule has 2 nitrogen and oxygen atoms in total. The predicted octanol–water partition coefficient (Wildman–Crippen LogP) is 3.13. The largest absolute Gasteiger partial charge is 0.382 e. The van der Waals surface area contributed by atoms with Gasteiger partial charge in [0.05, 0.1) is 6.04 Å². The number of hydrogen-bond acceptors (Lipinski definition) is 2. The van der Waals surface area contributed by atoms with Gasteiger partial charge >= 0.3 is 0 Å². The first-order valence-electron chi connectivity index (χ1n) is 6.13. The molecule has 1 aromatic carbocycles. The van der Waals surface area contributed by atoms with Crippen LogP contribution < -0.4 is 0 Å². The number of benzene rings is 1. The van der Waals surface area contributed by atoms with Crippen LogP contribution >= 0.6 is 0 Å². The van der Waals surface area contributed by atoms with Crippen molar-refractivity contribution < 1.29 is 8.78 Å². The number of rotatable bonds is 3. The van der Waals surface area contributed by atoms with E-state index in [0.717, 1.165) is 25.5 Å². The second kappa shape index (κ2) is 5.38. The Labute approximate surface area is 107 Å². The Kier molecular flexibility index (Phi) is 3.84. The number of hydrogen-bond donors (Lipinski definition) is 0. The highest BCUT2D eigenvalue weighted by Gasteiger charge is 2.26. The van der Waals surface area contributed by atoms with E-state index in [2.05, 4.69) is 4.90 Å². The minimum Gasteiger partial charge on any atom is -0.382 e. The summed E-state index contributed by atoms with van der Waals surface area (Å²) >= 11 is 0. The van der Waals surface area contributed by atoms with E-state index in [9.17, 15) is 8.78 Å². The third kappa shape index (κ3) is 2.81. The summed E-state index contributed by atoms with van der Waals surface area (Å²) in [6.07, 6.45) is 5.73. The van der Waals surface area contributed by atoms with Crippen LogP contribution in [0, 0.1) is 11.6 Å². The van der Waals surface area contributed by atoms with Crippen molar-refractivity contribution in [3.05, 3.63) is 47.8 Å². The Morgan fingerprint density at radius 2 is 2.11 bits per heavy atom. The molecule has 1 aliphatic heterocycles.